The van der Waals surface area contributed by atoms with Gasteiger partial charge in [-0.25, -0.2) is 17.5 Å². The van der Waals surface area contributed by atoms with Gasteiger partial charge in [0, 0.05) is 24.2 Å². The molecule has 1 unspecified atom stereocenters. The molecule has 1 aliphatic rings. The predicted molar refractivity (Wildman–Crippen MR) is 124 cm³/mol. The minimum atomic E-state index is -3.45. The number of nitriles is 1. The monoisotopic (exact) mass is 475 g/mol. The summed E-state index contributed by atoms with van der Waals surface area (Å²) in [6.45, 7) is 1.96. The molecule has 0 radical (unpaired) electrons. The Labute approximate surface area is 194 Å². The van der Waals surface area contributed by atoms with Crippen LogP contribution in [-0.4, -0.2) is 38.5 Å². The number of halogens is 1. The van der Waals surface area contributed by atoms with Gasteiger partial charge in [0.15, 0.2) is 0 Å². The maximum atomic E-state index is 13.5. The van der Waals surface area contributed by atoms with Crippen LogP contribution in [0.4, 0.5) is 4.39 Å². The predicted octanol–water partition coefficient (Wildman–Crippen LogP) is 3.20. The Morgan fingerprint density at radius 1 is 1.27 bits per heavy atom. The van der Waals surface area contributed by atoms with Crippen LogP contribution in [0.5, 0.6) is 0 Å². The largest absolute Gasteiger partial charge is 0.378 e. The quantitative estimate of drug-likeness (QED) is 0.600. The molecular weight excluding hydrogens is 445 g/mol. The summed E-state index contributed by atoms with van der Waals surface area (Å²) < 4.78 is 46.9. The molecule has 0 amide bonds. The molecule has 7 nitrogen and oxygen atoms in total. The van der Waals surface area contributed by atoms with E-state index in [1.54, 1.807) is 24.4 Å². The van der Waals surface area contributed by atoms with Gasteiger partial charge >= 0.3 is 0 Å². The van der Waals surface area contributed by atoms with Crippen molar-refractivity contribution in [1.29, 1.82) is 5.26 Å². The smallest absolute Gasteiger partial charge is 0.255 e. The van der Waals surface area contributed by atoms with Gasteiger partial charge in [0.2, 0.25) is 10.0 Å². The van der Waals surface area contributed by atoms with E-state index in [0.717, 1.165) is 43.1 Å². The van der Waals surface area contributed by atoms with Gasteiger partial charge < -0.3 is 9.30 Å². The number of sulfonamides is 1. The first kappa shape index (κ1) is 25.1. The highest BCUT2D eigenvalue weighted by Gasteiger charge is 2.26. The van der Waals surface area contributed by atoms with E-state index in [1.807, 2.05) is 19.1 Å². The van der Waals surface area contributed by atoms with Crippen LogP contribution in [0.25, 0.3) is 0 Å². The van der Waals surface area contributed by atoms with Crippen molar-refractivity contribution in [2.45, 2.75) is 57.1 Å². The van der Waals surface area contributed by atoms with Crippen molar-refractivity contribution in [1.82, 2.24) is 9.29 Å². The molecule has 3 rings (SSSR count). The number of nitrogens with zero attached hydrogens (tertiary/aromatic N) is 2. The highest BCUT2D eigenvalue weighted by Crippen LogP contribution is 2.34. The third kappa shape index (κ3) is 7.22. The average Bonchev–Trinajstić information content (AvgIpc) is 2.76. The summed E-state index contributed by atoms with van der Waals surface area (Å²) in [5.74, 6) is -0.427. The van der Waals surface area contributed by atoms with Crippen molar-refractivity contribution in [2.24, 2.45) is 0 Å². The Morgan fingerprint density at radius 3 is 2.64 bits per heavy atom. The molecule has 1 aliphatic carbocycles. The fourth-order valence-electron chi connectivity index (χ4n) is 4.39. The van der Waals surface area contributed by atoms with E-state index >= 15 is 0 Å². The topological polar surface area (TPSA) is 101 Å². The minimum absolute atomic E-state index is 0.0123. The molecule has 33 heavy (non-hydrogen) atoms. The molecule has 1 heterocycles. The number of hydrogen-bond acceptors (Lipinski definition) is 5. The standard InChI is InChI=1S/C24H30FN3O4S/c1-17-12-23(24(29)28(15-17)11-10-26)20(14-27-33(2,30)31)16-32-22-8-6-18(7-9-22)19-4-3-5-21(25)13-19/h3-5,12-13,15,18,20,22,27H,6-9,11,14,16H2,1-2H3. The van der Waals surface area contributed by atoms with Gasteiger partial charge in [0.1, 0.15) is 12.4 Å². The molecule has 0 bridgehead atoms. The van der Waals surface area contributed by atoms with Gasteiger partial charge in [-0.15, -0.1) is 0 Å². The molecule has 1 aromatic heterocycles. The summed E-state index contributed by atoms with van der Waals surface area (Å²) in [7, 11) is -3.45. The van der Waals surface area contributed by atoms with Crippen LogP contribution in [0, 0.1) is 24.1 Å². The molecule has 9 heteroatoms. The Bertz CT molecular complexity index is 1160. The van der Waals surface area contributed by atoms with Crippen molar-refractivity contribution in [3.63, 3.8) is 0 Å². The number of benzene rings is 1. The van der Waals surface area contributed by atoms with Crippen molar-refractivity contribution < 1.29 is 17.5 Å². The number of nitrogens with one attached hydrogen (secondary N) is 1. The molecule has 1 N–H and O–H groups in total. The van der Waals surface area contributed by atoms with Crippen molar-refractivity contribution in [3.8, 4) is 6.07 Å². The normalized spacial score (nSPS) is 19.7. The lowest BCUT2D eigenvalue weighted by Gasteiger charge is -2.30. The number of ether oxygens (including phenoxy) is 1. The zero-order valence-electron chi connectivity index (χ0n) is 19.0. The molecular formula is C24H30FN3O4S. The molecule has 178 valence electrons. The summed E-state index contributed by atoms with van der Waals surface area (Å²) in [6.07, 6.45) is 6.04. The van der Waals surface area contributed by atoms with Gasteiger partial charge in [0.05, 0.1) is 25.0 Å². The zero-order chi connectivity index (χ0) is 24.0. The second-order valence-corrected chi connectivity index (χ2v) is 10.6. The molecule has 2 aromatic rings. The van der Waals surface area contributed by atoms with Crippen molar-refractivity contribution >= 4 is 10.0 Å². The lowest BCUT2D eigenvalue weighted by atomic mass is 9.82. The number of rotatable bonds is 9. The van der Waals surface area contributed by atoms with Crippen LogP contribution in [0.1, 0.15) is 54.2 Å². The Balaban J connectivity index is 1.69. The third-order valence-corrected chi connectivity index (χ3v) is 6.74. The fourth-order valence-corrected chi connectivity index (χ4v) is 4.89. The van der Waals surface area contributed by atoms with Crippen molar-refractivity contribution in [3.05, 3.63) is 69.4 Å². The second kappa shape index (κ2) is 11.1. The van der Waals surface area contributed by atoms with E-state index in [2.05, 4.69) is 4.72 Å². The third-order valence-electron chi connectivity index (χ3n) is 6.05. The maximum Gasteiger partial charge on any atom is 0.255 e. The zero-order valence-corrected chi connectivity index (χ0v) is 19.8. The first-order valence-electron chi connectivity index (χ1n) is 11.1. The molecule has 1 aromatic carbocycles. The highest BCUT2D eigenvalue weighted by atomic mass is 32.2. The number of hydrogen-bond donors (Lipinski definition) is 1. The van der Waals surface area contributed by atoms with Gasteiger partial charge in [-0.3, -0.25) is 4.79 Å². The van der Waals surface area contributed by atoms with E-state index in [1.165, 1.54) is 10.6 Å². The van der Waals surface area contributed by atoms with E-state index < -0.39 is 15.9 Å². The summed E-state index contributed by atoms with van der Waals surface area (Å²) in [6, 6.07) is 10.4. The van der Waals surface area contributed by atoms with Crippen LogP contribution < -0.4 is 10.3 Å². The van der Waals surface area contributed by atoms with Gasteiger partial charge in [-0.05, 0) is 67.9 Å². The van der Waals surface area contributed by atoms with Crippen LogP contribution in [0.3, 0.4) is 0 Å². The van der Waals surface area contributed by atoms with Crippen LogP contribution in [0.2, 0.25) is 0 Å². The molecule has 0 aliphatic heterocycles. The van der Waals surface area contributed by atoms with Gasteiger partial charge in [-0.2, -0.15) is 5.26 Å². The number of aryl methyl sites for hydroxylation is 1. The first-order valence-corrected chi connectivity index (χ1v) is 12.9. The first-order chi connectivity index (χ1) is 15.7. The minimum Gasteiger partial charge on any atom is -0.378 e. The SMILES string of the molecule is Cc1cc(C(CNS(C)(=O)=O)COC2CCC(c3cccc(F)c3)CC2)c(=O)n(CC#N)c1. The van der Waals surface area contributed by atoms with Crippen molar-refractivity contribution in [2.75, 3.05) is 19.4 Å². The molecule has 1 saturated carbocycles. The Hall–Kier alpha value is -2.54. The highest BCUT2D eigenvalue weighted by molar-refractivity contribution is 7.88. The van der Waals surface area contributed by atoms with E-state index in [9.17, 15) is 17.6 Å². The van der Waals surface area contributed by atoms with Crippen LogP contribution in [-0.2, 0) is 21.3 Å². The van der Waals surface area contributed by atoms with Gasteiger partial charge in [-0.1, -0.05) is 12.1 Å². The molecule has 1 atom stereocenters. The summed E-state index contributed by atoms with van der Waals surface area (Å²) in [5, 5.41) is 9.02. The van der Waals surface area contributed by atoms with E-state index in [0.29, 0.717) is 11.5 Å². The average molecular weight is 476 g/mol. The molecule has 0 spiro atoms. The summed E-state index contributed by atoms with van der Waals surface area (Å²) in [5.41, 5.74) is 1.91. The van der Waals surface area contributed by atoms with E-state index in [4.69, 9.17) is 10.00 Å². The Kier molecular flexibility index (Phi) is 8.40. The Morgan fingerprint density at radius 2 is 2.00 bits per heavy atom. The second-order valence-electron chi connectivity index (χ2n) is 8.74. The van der Waals surface area contributed by atoms with Crippen LogP contribution in [0.15, 0.2) is 41.3 Å². The lowest BCUT2D eigenvalue weighted by Crippen LogP contribution is -2.35. The summed E-state index contributed by atoms with van der Waals surface area (Å²) in [4.78, 5) is 12.9. The van der Waals surface area contributed by atoms with E-state index in [-0.39, 0.29) is 37.2 Å². The van der Waals surface area contributed by atoms with Crippen LogP contribution >= 0.6 is 0 Å². The fraction of sp³-hybridized carbons (Fsp3) is 0.500. The lowest BCUT2D eigenvalue weighted by molar-refractivity contribution is 0.0168. The molecule has 1 fully saturated rings. The maximum absolute atomic E-state index is 13.5. The number of pyridine rings is 1. The van der Waals surface area contributed by atoms with Gasteiger partial charge in [0.25, 0.3) is 5.56 Å². The number of aromatic nitrogens is 1. The molecule has 0 saturated heterocycles. The summed E-state index contributed by atoms with van der Waals surface area (Å²) >= 11 is 0.